The van der Waals surface area contributed by atoms with Crippen molar-refractivity contribution in [3.8, 4) is 5.75 Å². The van der Waals surface area contributed by atoms with Gasteiger partial charge in [0.25, 0.3) is 5.91 Å². The molecule has 0 aliphatic rings. The molecule has 8 nitrogen and oxygen atoms in total. The maximum Gasteiger partial charge on any atom is 0.280 e. The summed E-state index contributed by atoms with van der Waals surface area (Å²) in [4.78, 5) is 19.5. The van der Waals surface area contributed by atoms with Crippen LogP contribution >= 0.6 is 11.3 Å². The van der Waals surface area contributed by atoms with Gasteiger partial charge in [0.15, 0.2) is 10.8 Å². The van der Waals surface area contributed by atoms with Gasteiger partial charge in [-0.25, -0.2) is 4.98 Å². The minimum Gasteiger partial charge on any atom is -0.497 e. The van der Waals surface area contributed by atoms with Crippen molar-refractivity contribution in [3.63, 3.8) is 0 Å². The highest BCUT2D eigenvalue weighted by Crippen LogP contribution is 2.32. The van der Waals surface area contributed by atoms with Crippen LogP contribution in [0.15, 0.2) is 48.9 Å². The van der Waals surface area contributed by atoms with Gasteiger partial charge in [0, 0.05) is 31.7 Å². The Labute approximate surface area is 166 Å². The zero-order valence-electron chi connectivity index (χ0n) is 15.6. The number of methoxy groups -OCH3 is 1. The smallest absolute Gasteiger partial charge is 0.280 e. The lowest BCUT2D eigenvalue weighted by molar-refractivity contribution is 0.0980. The second kappa shape index (κ2) is 7.81. The summed E-state index contributed by atoms with van der Waals surface area (Å²) in [6.07, 6.45) is 5.40. The Morgan fingerprint density at radius 2 is 2.14 bits per heavy atom. The number of fused-ring (bicyclic) bond motifs is 1. The van der Waals surface area contributed by atoms with Gasteiger partial charge < -0.3 is 4.74 Å². The number of hydrogen-bond donors (Lipinski definition) is 0. The van der Waals surface area contributed by atoms with Crippen LogP contribution in [0.1, 0.15) is 17.4 Å². The Hall–Kier alpha value is -3.20. The molecule has 0 radical (unpaired) electrons. The van der Waals surface area contributed by atoms with Crippen LogP contribution in [0.3, 0.4) is 0 Å². The first-order chi connectivity index (χ1) is 13.7. The molecule has 1 amide bonds. The summed E-state index contributed by atoms with van der Waals surface area (Å²) in [7, 11) is 1.63. The average molecular weight is 396 g/mol. The van der Waals surface area contributed by atoms with Gasteiger partial charge in [-0.05, 0) is 37.3 Å². The van der Waals surface area contributed by atoms with Crippen molar-refractivity contribution < 1.29 is 9.53 Å². The standard InChI is InChI=1S/C19H20N6O2S/c1-3-23-10-7-16(22-23)18(26)25(12-11-24-9-4-8-20-24)19-21-15-6-5-14(27-2)13-17(15)28-19/h4-10,13H,3,11-12H2,1-2H3. The minimum absolute atomic E-state index is 0.176. The number of aromatic nitrogens is 5. The van der Waals surface area contributed by atoms with E-state index in [2.05, 4.69) is 15.2 Å². The zero-order valence-corrected chi connectivity index (χ0v) is 16.5. The van der Waals surface area contributed by atoms with Crippen LogP contribution in [-0.2, 0) is 13.1 Å². The molecule has 4 rings (SSSR count). The van der Waals surface area contributed by atoms with Crippen LogP contribution < -0.4 is 9.64 Å². The normalized spacial score (nSPS) is 11.1. The van der Waals surface area contributed by atoms with Gasteiger partial charge in [0.1, 0.15) is 5.75 Å². The fourth-order valence-electron chi connectivity index (χ4n) is 2.84. The Morgan fingerprint density at radius 1 is 1.25 bits per heavy atom. The maximum atomic E-state index is 13.2. The van der Waals surface area contributed by atoms with Gasteiger partial charge >= 0.3 is 0 Å². The van der Waals surface area contributed by atoms with Crippen LogP contribution in [0.25, 0.3) is 10.2 Å². The van der Waals surface area contributed by atoms with Crippen molar-refractivity contribution in [1.82, 2.24) is 24.5 Å². The molecule has 0 atom stereocenters. The highest BCUT2D eigenvalue weighted by atomic mass is 32.1. The molecule has 0 aliphatic heterocycles. The van der Waals surface area contributed by atoms with Gasteiger partial charge in [-0.15, -0.1) is 0 Å². The number of anilines is 1. The van der Waals surface area contributed by atoms with Crippen LogP contribution in [0, 0.1) is 0 Å². The second-order valence-corrected chi connectivity index (χ2v) is 7.12. The number of hydrogen-bond acceptors (Lipinski definition) is 6. The van der Waals surface area contributed by atoms with E-state index in [1.165, 1.54) is 11.3 Å². The van der Waals surface area contributed by atoms with E-state index < -0.39 is 0 Å². The lowest BCUT2D eigenvalue weighted by atomic mass is 10.3. The summed E-state index contributed by atoms with van der Waals surface area (Å²) in [5.74, 6) is 0.587. The first-order valence-corrected chi connectivity index (χ1v) is 9.77. The Kier molecular flexibility index (Phi) is 5.07. The van der Waals surface area contributed by atoms with E-state index >= 15 is 0 Å². The minimum atomic E-state index is -0.176. The third-order valence-corrected chi connectivity index (χ3v) is 5.40. The quantitative estimate of drug-likeness (QED) is 0.480. The molecule has 0 fully saturated rings. The largest absolute Gasteiger partial charge is 0.497 e. The lowest BCUT2D eigenvalue weighted by Gasteiger charge is -2.18. The van der Waals surface area contributed by atoms with Crippen molar-refractivity contribution in [2.45, 2.75) is 20.0 Å². The molecule has 28 heavy (non-hydrogen) atoms. The molecule has 9 heteroatoms. The van der Waals surface area contributed by atoms with Gasteiger partial charge in [-0.1, -0.05) is 11.3 Å². The summed E-state index contributed by atoms with van der Waals surface area (Å²) in [6.45, 7) is 3.70. The molecule has 1 aromatic carbocycles. The van der Waals surface area contributed by atoms with E-state index in [1.54, 1.807) is 33.6 Å². The monoisotopic (exact) mass is 396 g/mol. The summed E-state index contributed by atoms with van der Waals surface area (Å²) < 4.78 is 9.79. The fraction of sp³-hybridized carbons (Fsp3) is 0.263. The molecule has 0 unspecified atom stereocenters. The Balaban J connectivity index is 1.67. The maximum absolute atomic E-state index is 13.2. The van der Waals surface area contributed by atoms with Crippen molar-refractivity contribution in [2.24, 2.45) is 0 Å². The number of aryl methyl sites for hydroxylation is 1. The number of carbonyl (C=O) groups is 1. The van der Waals surface area contributed by atoms with E-state index in [0.29, 0.717) is 30.5 Å². The third kappa shape index (κ3) is 3.61. The number of ether oxygens (including phenoxy) is 1. The molecule has 0 N–H and O–H groups in total. The molecule has 0 saturated carbocycles. The van der Waals surface area contributed by atoms with E-state index in [1.807, 2.05) is 43.6 Å². The van der Waals surface area contributed by atoms with Crippen molar-refractivity contribution in [2.75, 3.05) is 18.6 Å². The van der Waals surface area contributed by atoms with Crippen LogP contribution in [0.5, 0.6) is 5.75 Å². The summed E-state index contributed by atoms with van der Waals surface area (Å²) >= 11 is 1.46. The predicted octanol–water partition coefficient (Wildman–Crippen LogP) is 3.06. The molecular formula is C19H20N6O2S. The van der Waals surface area contributed by atoms with Gasteiger partial charge in [0.05, 0.1) is 23.9 Å². The number of carbonyl (C=O) groups excluding carboxylic acids is 1. The lowest BCUT2D eigenvalue weighted by Crippen LogP contribution is -2.34. The van der Waals surface area contributed by atoms with Crippen molar-refractivity contribution in [3.05, 3.63) is 54.6 Å². The molecule has 0 bridgehead atoms. The van der Waals surface area contributed by atoms with E-state index in [0.717, 1.165) is 16.0 Å². The van der Waals surface area contributed by atoms with Gasteiger partial charge in [-0.3, -0.25) is 19.1 Å². The van der Waals surface area contributed by atoms with E-state index in [-0.39, 0.29) is 5.91 Å². The van der Waals surface area contributed by atoms with Gasteiger partial charge in [0.2, 0.25) is 0 Å². The Bertz CT molecular complexity index is 1090. The second-order valence-electron chi connectivity index (χ2n) is 6.11. The zero-order chi connectivity index (χ0) is 19.5. The molecule has 144 valence electrons. The predicted molar refractivity (Wildman–Crippen MR) is 108 cm³/mol. The summed E-state index contributed by atoms with van der Waals surface area (Å²) in [6, 6.07) is 9.29. The number of nitrogens with zero attached hydrogens (tertiary/aromatic N) is 6. The molecule has 0 aliphatic carbocycles. The number of rotatable bonds is 7. The molecule has 3 aromatic heterocycles. The molecular weight excluding hydrogens is 376 g/mol. The van der Waals surface area contributed by atoms with E-state index in [4.69, 9.17) is 4.74 Å². The first kappa shape index (κ1) is 18.2. The molecule has 0 spiro atoms. The summed E-state index contributed by atoms with van der Waals surface area (Å²) in [5, 5.41) is 9.21. The summed E-state index contributed by atoms with van der Waals surface area (Å²) in [5.41, 5.74) is 1.23. The number of thiazole rings is 1. The first-order valence-electron chi connectivity index (χ1n) is 8.95. The van der Waals surface area contributed by atoms with Crippen LogP contribution in [-0.4, -0.2) is 44.1 Å². The molecule has 3 heterocycles. The van der Waals surface area contributed by atoms with Crippen LogP contribution in [0.4, 0.5) is 5.13 Å². The van der Waals surface area contributed by atoms with E-state index in [9.17, 15) is 4.79 Å². The topological polar surface area (TPSA) is 78.1 Å². The highest BCUT2D eigenvalue weighted by Gasteiger charge is 2.23. The Morgan fingerprint density at radius 3 is 2.86 bits per heavy atom. The number of benzene rings is 1. The van der Waals surface area contributed by atoms with Crippen LogP contribution in [0.2, 0.25) is 0 Å². The van der Waals surface area contributed by atoms with Crippen molar-refractivity contribution >= 4 is 32.6 Å². The average Bonchev–Trinajstić information content (AvgIpc) is 3.47. The molecule has 4 aromatic rings. The van der Waals surface area contributed by atoms with Gasteiger partial charge in [-0.2, -0.15) is 10.2 Å². The molecule has 0 saturated heterocycles. The van der Waals surface area contributed by atoms with Crippen molar-refractivity contribution in [1.29, 1.82) is 0 Å². The number of amides is 1. The fourth-order valence-corrected chi connectivity index (χ4v) is 3.86. The highest BCUT2D eigenvalue weighted by molar-refractivity contribution is 7.22. The third-order valence-electron chi connectivity index (χ3n) is 4.36. The SMILES string of the molecule is CCn1ccc(C(=O)N(CCn2cccn2)c2nc3ccc(OC)cc3s2)n1.